The van der Waals surface area contributed by atoms with Crippen LogP contribution in [-0.2, 0) is 0 Å². The summed E-state index contributed by atoms with van der Waals surface area (Å²) >= 11 is 11.1. The van der Waals surface area contributed by atoms with Crippen LogP contribution in [0.3, 0.4) is 0 Å². The van der Waals surface area contributed by atoms with Crippen molar-refractivity contribution in [2.24, 2.45) is 23.7 Å². The average molecular weight is 415 g/mol. The Hall–Kier alpha value is -1.40. The molecular weight excluding hydrogens is 384 g/mol. The molecule has 0 spiro atoms. The van der Waals surface area contributed by atoms with Crippen LogP contribution in [0.4, 0.5) is 11.4 Å². The zero-order valence-electron chi connectivity index (χ0n) is 16.2. The molecule has 0 amide bonds. The molecule has 150 valence electrons. The summed E-state index contributed by atoms with van der Waals surface area (Å²) in [6, 6.07) is 9.31. The predicted molar refractivity (Wildman–Crippen MR) is 124 cm³/mol. The molecule has 4 N–H and O–H groups in total. The molecular formula is C22H30N4S2. The van der Waals surface area contributed by atoms with Crippen molar-refractivity contribution < 1.29 is 0 Å². The van der Waals surface area contributed by atoms with Gasteiger partial charge in [0.2, 0.25) is 0 Å². The van der Waals surface area contributed by atoms with Gasteiger partial charge >= 0.3 is 0 Å². The summed E-state index contributed by atoms with van der Waals surface area (Å²) in [5, 5.41) is 15.3. The van der Waals surface area contributed by atoms with Gasteiger partial charge in [-0.3, -0.25) is 0 Å². The number of hydrogen-bond donors (Lipinski definition) is 4. The molecule has 0 radical (unpaired) electrons. The first kappa shape index (κ1) is 18.6. The molecule has 1 aromatic carbocycles. The molecule has 4 aliphatic carbocycles. The predicted octanol–water partition coefficient (Wildman–Crippen LogP) is 4.64. The second-order valence-corrected chi connectivity index (χ2v) is 10.2. The minimum absolute atomic E-state index is 0.554. The first-order valence-electron chi connectivity index (χ1n) is 10.9. The lowest BCUT2D eigenvalue weighted by atomic mass is 9.95. The van der Waals surface area contributed by atoms with Gasteiger partial charge in [-0.15, -0.1) is 0 Å². The summed E-state index contributed by atoms with van der Waals surface area (Å²) in [5.41, 5.74) is 1.99. The summed E-state index contributed by atoms with van der Waals surface area (Å²) in [4.78, 5) is 0. The van der Waals surface area contributed by atoms with Crippen molar-refractivity contribution in [2.75, 3.05) is 10.6 Å². The number of anilines is 2. The largest absolute Gasteiger partial charge is 0.359 e. The standard InChI is InChI=1S/C22H30N4S2/c27-21(25-19-10-13-4-6-15(19)8-13)23-17-2-1-3-18(12-17)24-22(28)26-20-11-14-5-7-16(20)9-14/h1-3,12-16,19-20H,4-11H2,(H2,23,25,27)(H2,24,26,28)/t13-,14-,15-,16-,19+,20+/m0/s1. The van der Waals surface area contributed by atoms with Gasteiger partial charge in [0.25, 0.3) is 0 Å². The third-order valence-electron chi connectivity index (χ3n) is 7.49. The van der Waals surface area contributed by atoms with Gasteiger partial charge < -0.3 is 21.3 Å². The van der Waals surface area contributed by atoms with Crippen LogP contribution in [0.2, 0.25) is 0 Å². The number of fused-ring (bicyclic) bond motifs is 4. The highest BCUT2D eigenvalue weighted by Gasteiger charge is 2.40. The second-order valence-electron chi connectivity index (χ2n) is 9.34. The summed E-state index contributed by atoms with van der Waals surface area (Å²) in [5.74, 6) is 3.46. The van der Waals surface area contributed by atoms with E-state index in [1.54, 1.807) is 0 Å². The minimum atomic E-state index is 0.554. The summed E-state index contributed by atoms with van der Waals surface area (Å²) in [6.07, 6.45) is 10.8. The lowest BCUT2D eigenvalue weighted by Gasteiger charge is -2.25. The molecule has 5 rings (SSSR count). The maximum absolute atomic E-state index is 5.56. The number of hydrogen-bond acceptors (Lipinski definition) is 2. The van der Waals surface area contributed by atoms with E-state index in [9.17, 15) is 0 Å². The number of nitrogens with one attached hydrogen (secondary N) is 4. The third kappa shape index (κ3) is 3.99. The molecule has 4 fully saturated rings. The fourth-order valence-electron chi connectivity index (χ4n) is 6.19. The molecule has 1 aromatic rings. The van der Waals surface area contributed by atoms with E-state index in [1.807, 2.05) is 18.2 Å². The first-order valence-corrected chi connectivity index (χ1v) is 11.7. The van der Waals surface area contributed by atoms with Crippen molar-refractivity contribution in [1.29, 1.82) is 0 Å². The van der Waals surface area contributed by atoms with Crippen molar-refractivity contribution in [1.82, 2.24) is 10.6 Å². The van der Waals surface area contributed by atoms with Crippen LogP contribution in [0.15, 0.2) is 24.3 Å². The van der Waals surface area contributed by atoms with E-state index in [0.717, 1.165) is 45.3 Å². The third-order valence-corrected chi connectivity index (χ3v) is 7.93. The fraction of sp³-hybridized carbons (Fsp3) is 0.636. The smallest absolute Gasteiger partial charge is 0.171 e. The van der Waals surface area contributed by atoms with Gasteiger partial charge in [-0.25, -0.2) is 0 Å². The van der Waals surface area contributed by atoms with E-state index >= 15 is 0 Å². The van der Waals surface area contributed by atoms with Gasteiger partial charge in [0, 0.05) is 23.5 Å². The molecule has 6 heteroatoms. The Bertz CT molecular complexity index is 707. The molecule has 4 nitrogen and oxygen atoms in total. The van der Waals surface area contributed by atoms with E-state index in [-0.39, 0.29) is 0 Å². The van der Waals surface area contributed by atoms with Crippen molar-refractivity contribution in [3.05, 3.63) is 24.3 Å². The lowest BCUT2D eigenvalue weighted by Crippen LogP contribution is -2.41. The maximum Gasteiger partial charge on any atom is 0.171 e. The molecule has 6 atom stereocenters. The van der Waals surface area contributed by atoms with Crippen LogP contribution >= 0.6 is 24.4 Å². The van der Waals surface area contributed by atoms with Gasteiger partial charge in [0.1, 0.15) is 0 Å². The van der Waals surface area contributed by atoms with Crippen LogP contribution in [0, 0.1) is 23.7 Å². The normalized spacial score (nSPS) is 35.0. The fourth-order valence-corrected chi connectivity index (χ4v) is 6.73. The van der Waals surface area contributed by atoms with E-state index in [2.05, 4.69) is 27.3 Å². The van der Waals surface area contributed by atoms with Gasteiger partial charge in [0.15, 0.2) is 10.2 Å². The summed E-state index contributed by atoms with van der Waals surface area (Å²) in [7, 11) is 0. The minimum Gasteiger partial charge on any atom is -0.359 e. The Balaban J connectivity index is 1.12. The molecule has 0 aromatic heterocycles. The van der Waals surface area contributed by atoms with E-state index in [4.69, 9.17) is 24.4 Å². The van der Waals surface area contributed by atoms with Crippen molar-refractivity contribution in [2.45, 2.75) is 63.5 Å². The van der Waals surface area contributed by atoms with Crippen LogP contribution in [0.1, 0.15) is 51.4 Å². The van der Waals surface area contributed by atoms with E-state index < -0.39 is 0 Å². The van der Waals surface area contributed by atoms with Crippen molar-refractivity contribution in [3.8, 4) is 0 Å². The number of thiocarbonyl (C=S) groups is 2. The molecule has 4 bridgehead atoms. The van der Waals surface area contributed by atoms with Crippen molar-refractivity contribution in [3.63, 3.8) is 0 Å². The Morgan fingerprint density at radius 3 is 1.61 bits per heavy atom. The average Bonchev–Trinajstić information content (AvgIpc) is 3.43. The molecule has 28 heavy (non-hydrogen) atoms. The van der Waals surface area contributed by atoms with E-state index in [0.29, 0.717) is 12.1 Å². The van der Waals surface area contributed by atoms with Gasteiger partial charge in [-0.1, -0.05) is 18.9 Å². The van der Waals surface area contributed by atoms with Crippen LogP contribution < -0.4 is 21.3 Å². The summed E-state index contributed by atoms with van der Waals surface area (Å²) < 4.78 is 0. The number of benzene rings is 1. The van der Waals surface area contributed by atoms with Gasteiger partial charge in [-0.05, 0) is 105 Å². The van der Waals surface area contributed by atoms with Crippen molar-refractivity contribution >= 4 is 46.0 Å². The molecule has 0 heterocycles. The highest BCUT2D eigenvalue weighted by Crippen LogP contribution is 2.45. The first-order chi connectivity index (χ1) is 13.6. The zero-order valence-corrected chi connectivity index (χ0v) is 17.9. The quantitative estimate of drug-likeness (QED) is 0.539. The van der Waals surface area contributed by atoms with Crippen LogP contribution in [-0.4, -0.2) is 22.3 Å². The monoisotopic (exact) mass is 414 g/mol. The maximum atomic E-state index is 5.56. The van der Waals surface area contributed by atoms with Gasteiger partial charge in [0.05, 0.1) is 0 Å². The Kier molecular flexibility index (Phi) is 5.18. The Labute approximate surface area is 178 Å². The SMILES string of the molecule is S=C(Nc1cccc(NC(=S)N[C@@H]2C[C@H]3CC[C@H]2C3)c1)N[C@@H]1C[C@H]2CC[C@H]1C2. The highest BCUT2D eigenvalue weighted by molar-refractivity contribution is 7.80. The van der Waals surface area contributed by atoms with E-state index in [1.165, 1.54) is 51.4 Å². The lowest BCUT2D eigenvalue weighted by molar-refractivity contribution is 0.392. The Morgan fingerprint density at radius 1 is 0.714 bits per heavy atom. The Morgan fingerprint density at radius 2 is 1.21 bits per heavy atom. The zero-order chi connectivity index (χ0) is 19.1. The molecule has 0 saturated heterocycles. The topological polar surface area (TPSA) is 48.1 Å². The van der Waals surface area contributed by atoms with Crippen LogP contribution in [0.5, 0.6) is 0 Å². The molecule has 4 saturated carbocycles. The van der Waals surface area contributed by atoms with Gasteiger partial charge in [-0.2, -0.15) is 0 Å². The number of rotatable bonds is 4. The molecule has 0 aliphatic heterocycles. The highest BCUT2D eigenvalue weighted by atomic mass is 32.1. The summed E-state index contributed by atoms with van der Waals surface area (Å²) in [6.45, 7) is 0. The molecule has 0 unspecified atom stereocenters. The second kappa shape index (κ2) is 7.79. The van der Waals surface area contributed by atoms with Crippen LogP contribution in [0.25, 0.3) is 0 Å². The molecule has 4 aliphatic rings.